The molecule has 0 heterocycles. The zero-order valence-corrected chi connectivity index (χ0v) is 8.86. The van der Waals surface area contributed by atoms with E-state index in [2.05, 4.69) is 5.32 Å². The number of nitrogens with one attached hydrogen (secondary N) is 1. The Morgan fingerprint density at radius 3 is 2.62 bits per heavy atom. The van der Waals surface area contributed by atoms with E-state index in [0.717, 1.165) is 0 Å². The minimum atomic E-state index is -0.412. The van der Waals surface area contributed by atoms with E-state index in [4.69, 9.17) is 5.11 Å². The molecule has 16 heavy (non-hydrogen) atoms. The molecule has 86 valence electrons. The number of Topliss-reactive ketones (excluding diaryl/α,β-unsaturated/α-hetero) is 1. The number of carbonyl (C=O) groups excluding carboxylic acids is 2. The highest BCUT2D eigenvalue weighted by Crippen LogP contribution is 2.18. The molecule has 0 spiro atoms. The maximum absolute atomic E-state index is 11.5. The predicted molar refractivity (Wildman–Crippen MR) is 57.0 cm³/mol. The summed E-state index contributed by atoms with van der Waals surface area (Å²) >= 11 is 0. The van der Waals surface area contributed by atoms with Crippen LogP contribution in [0.2, 0.25) is 0 Å². The summed E-state index contributed by atoms with van der Waals surface area (Å²) in [4.78, 5) is 22.2. The fraction of sp³-hybridized carbons (Fsp3) is 0.273. The van der Waals surface area contributed by atoms with Crippen molar-refractivity contribution in [1.29, 1.82) is 0 Å². The molecule has 0 bridgehead atoms. The van der Waals surface area contributed by atoms with Crippen molar-refractivity contribution in [1.82, 2.24) is 5.32 Å². The minimum absolute atomic E-state index is 0.0336. The molecule has 3 N–H and O–H groups in total. The minimum Gasteiger partial charge on any atom is -0.508 e. The van der Waals surface area contributed by atoms with Crippen LogP contribution in [0.25, 0.3) is 0 Å². The van der Waals surface area contributed by atoms with Crippen molar-refractivity contribution in [3.8, 4) is 5.75 Å². The zero-order valence-electron chi connectivity index (χ0n) is 8.86. The molecule has 0 aliphatic carbocycles. The lowest BCUT2D eigenvalue weighted by Gasteiger charge is -2.06. The summed E-state index contributed by atoms with van der Waals surface area (Å²) in [5.74, 6) is -0.620. The largest absolute Gasteiger partial charge is 0.508 e. The molecule has 0 radical (unpaired) electrons. The number of aliphatic hydroxyl groups excluding tert-OH is 1. The molecular formula is C11H13NO4. The number of hydrogen-bond acceptors (Lipinski definition) is 4. The lowest BCUT2D eigenvalue weighted by atomic mass is 10.1. The fourth-order valence-electron chi connectivity index (χ4n) is 1.16. The van der Waals surface area contributed by atoms with Gasteiger partial charge in [-0.05, 0) is 25.1 Å². The molecule has 1 aromatic carbocycles. The van der Waals surface area contributed by atoms with Gasteiger partial charge in [0.2, 0.25) is 0 Å². The Hall–Kier alpha value is -1.88. The van der Waals surface area contributed by atoms with E-state index < -0.39 is 5.91 Å². The summed E-state index contributed by atoms with van der Waals surface area (Å²) in [5, 5.41) is 20.6. The van der Waals surface area contributed by atoms with Gasteiger partial charge in [0, 0.05) is 11.1 Å². The van der Waals surface area contributed by atoms with E-state index >= 15 is 0 Å². The van der Waals surface area contributed by atoms with Crippen LogP contribution in [-0.2, 0) is 11.4 Å². The molecule has 0 aliphatic rings. The third-order valence-electron chi connectivity index (χ3n) is 2.01. The standard InChI is InChI=1S/C11H13NO4/c1-7(14)5-12-11(16)8-2-3-10(15)9(4-8)6-13/h2-4,13,15H,5-6H2,1H3,(H,12,16). The first kappa shape index (κ1) is 12.2. The van der Waals surface area contributed by atoms with Gasteiger partial charge in [-0.3, -0.25) is 9.59 Å². The maximum Gasteiger partial charge on any atom is 0.251 e. The average Bonchev–Trinajstić information content (AvgIpc) is 2.26. The number of amides is 1. The second kappa shape index (κ2) is 5.27. The third kappa shape index (κ3) is 3.06. The number of carbonyl (C=O) groups is 2. The first-order valence-electron chi connectivity index (χ1n) is 4.75. The number of phenols is 1. The SMILES string of the molecule is CC(=O)CNC(=O)c1ccc(O)c(CO)c1. The molecule has 0 unspecified atom stereocenters. The first-order valence-corrected chi connectivity index (χ1v) is 4.75. The molecule has 1 rings (SSSR count). The monoisotopic (exact) mass is 223 g/mol. The second-order valence-corrected chi connectivity index (χ2v) is 3.39. The number of aliphatic hydroxyl groups is 1. The van der Waals surface area contributed by atoms with E-state index in [9.17, 15) is 14.7 Å². The summed E-state index contributed by atoms with van der Waals surface area (Å²) < 4.78 is 0. The average molecular weight is 223 g/mol. The molecule has 0 aromatic heterocycles. The normalized spacial score (nSPS) is 9.88. The lowest BCUT2D eigenvalue weighted by molar-refractivity contribution is -0.116. The van der Waals surface area contributed by atoms with Crippen LogP contribution < -0.4 is 5.32 Å². The van der Waals surface area contributed by atoms with Gasteiger partial charge in [-0.15, -0.1) is 0 Å². The molecular weight excluding hydrogens is 210 g/mol. The predicted octanol–water partition coefficient (Wildman–Crippen LogP) is 0.203. The van der Waals surface area contributed by atoms with Crippen molar-refractivity contribution < 1.29 is 19.8 Å². The quantitative estimate of drug-likeness (QED) is 0.680. The van der Waals surface area contributed by atoms with Gasteiger partial charge in [0.05, 0.1) is 13.2 Å². The Labute approximate surface area is 92.7 Å². The molecule has 0 saturated heterocycles. The van der Waals surface area contributed by atoms with Gasteiger partial charge in [0.1, 0.15) is 11.5 Å². The van der Waals surface area contributed by atoms with Gasteiger partial charge in [-0.2, -0.15) is 0 Å². The van der Waals surface area contributed by atoms with Crippen molar-refractivity contribution in [2.24, 2.45) is 0 Å². The van der Waals surface area contributed by atoms with Gasteiger partial charge < -0.3 is 15.5 Å². The van der Waals surface area contributed by atoms with Crippen LogP contribution in [0.3, 0.4) is 0 Å². The number of ketones is 1. The van der Waals surface area contributed by atoms with Gasteiger partial charge in [-0.25, -0.2) is 0 Å². The van der Waals surface area contributed by atoms with Gasteiger partial charge in [-0.1, -0.05) is 0 Å². The number of benzene rings is 1. The van der Waals surface area contributed by atoms with Crippen molar-refractivity contribution >= 4 is 11.7 Å². The Bertz CT molecular complexity index is 414. The lowest BCUT2D eigenvalue weighted by Crippen LogP contribution is -2.28. The van der Waals surface area contributed by atoms with Crippen molar-refractivity contribution in [3.63, 3.8) is 0 Å². The van der Waals surface area contributed by atoms with E-state index in [-0.39, 0.29) is 30.2 Å². The van der Waals surface area contributed by atoms with E-state index in [1.807, 2.05) is 0 Å². The highest BCUT2D eigenvalue weighted by molar-refractivity contribution is 5.96. The number of rotatable bonds is 4. The first-order chi connectivity index (χ1) is 7.54. The summed E-state index contributed by atoms with van der Waals surface area (Å²) in [5.41, 5.74) is 0.568. The Morgan fingerprint density at radius 2 is 2.06 bits per heavy atom. The Kier molecular flexibility index (Phi) is 4.02. The summed E-state index contributed by atoms with van der Waals surface area (Å²) in [6.45, 7) is 0.990. The van der Waals surface area contributed by atoms with Crippen LogP contribution in [0.4, 0.5) is 0 Å². The smallest absolute Gasteiger partial charge is 0.251 e. The van der Waals surface area contributed by atoms with Gasteiger partial charge in [0.15, 0.2) is 0 Å². The fourth-order valence-corrected chi connectivity index (χ4v) is 1.16. The Morgan fingerprint density at radius 1 is 1.38 bits per heavy atom. The van der Waals surface area contributed by atoms with Gasteiger partial charge in [0.25, 0.3) is 5.91 Å². The summed E-state index contributed by atoms with van der Waals surface area (Å²) in [6, 6.07) is 4.13. The molecule has 0 fully saturated rings. The third-order valence-corrected chi connectivity index (χ3v) is 2.01. The summed E-state index contributed by atoms with van der Waals surface area (Å²) in [7, 11) is 0. The van der Waals surface area contributed by atoms with Crippen molar-refractivity contribution in [2.45, 2.75) is 13.5 Å². The van der Waals surface area contributed by atoms with Crippen LogP contribution >= 0.6 is 0 Å². The van der Waals surface area contributed by atoms with Gasteiger partial charge >= 0.3 is 0 Å². The van der Waals surface area contributed by atoms with Crippen LogP contribution in [0.15, 0.2) is 18.2 Å². The maximum atomic E-state index is 11.5. The molecule has 1 amide bonds. The molecule has 5 nitrogen and oxygen atoms in total. The van der Waals surface area contributed by atoms with Crippen LogP contribution in [0, 0.1) is 0 Å². The van der Waals surface area contributed by atoms with Crippen molar-refractivity contribution in [2.75, 3.05) is 6.54 Å². The molecule has 5 heteroatoms. The highest BCUT2D eigenvalue weighted by Gasteiger charge is 2.08. The topological polar surface area (TPSA) is 86.6 Å². The molecule has 1 aromatic rings. The highest BCUT2D eigenvalue weighted by atomic mass is 16.3. The molecule has 0 saturated carbocycles. The van der Waals surface area contributed by atoms with Crippen LogP contribution in [0.1, 0.15) is 22.8 Å². The van der Waals surface area contributed by atoms with Crippen LogP contribution in [0.5, 0.6) is 5.75 Å². The Balaban J connectivity index is 2.80. The summed E-state index contributed by atoms with van der Waals surface area (Å²) in [6.07, 6.45) is 0. The zero-order chi connectivity index (χ0) is 12.1. The number of aromatic hydroxyl groups is 1. The van der Waals surface area contributed by atoms with E-state index in [1.165, 1.54) is 25.1 Å². The second-order valence-electron chi connectivity index (χ2n) is 3.39. The van der Waals surface area contributed by atoms with Crippen molar-refractivity contribution in [3.05, 3.63) is 29.3 Å². The molecule has 0 aliphatic heterocycles. The van der Waals surface area contributed by atoms with Crippen LogP contribution in [-0.4, -0.2) is 28.4 Å². The van der Waals surface area contributed by atoms with E-state index in [0.29, 0.717) is 5.56 Å². The number of hydrogen-bond donors (Lipinski definition) is 3. The van der Waals surface area contributed by atoms with E-state index in [1.54, 1.807) is 0 Å². The molecule has 0 atom stereocenters.